The summed E-state index contributed by atoms with van der Waals surface area (Å²) in [5.41, 5.74) is 0.804. The lowest BCUT2D eigenvalue weighted by Gasteiger charge is -2.11. The molecule has 3 rings (SSSR count). The number of hydrogen-bond donors (Lipinski definition) is 0. The number of amides is 1. The molecule has 1 aliphatic heterocycles. The maximum absolute atomic E-state index is 12.0. The Morgan fingerprint density at radius 2 is 2.19 bits per heavy atom. The Labute approximate surface area is 134 Å². The van der Waals surface area contributed by atoms with E-state index in [-0.39, 0.29) is 18.9 Å². The van der Waals surface area contributed by atoms with Crippen LogP contribution in [-0.4, -0.2) is 31.1 Å². The first-order valence-corrected chi connectivity index (χ1v) is 10.2. The third-order valence-corrected chi connectivity index (χ3v) is 6.96. The Morgan fingerprint density at radius 3 is 2.76 bits per heavy atom. The SMILES string of the molecule is Cc1ccc(-c2csc(N3CC(S(=O)(=O)Cl)CC3=O)n2)s1. The highest BCUT2D eigenvalue weighted by atomic mass is 35.7. The van der Waals surface area contributed by atoms with Crippen LogP contribution in [0.25, 0.3) is 10.6 Å². The van der Waals surface area contributed by atoms with E-state index in [4.69, 9.17) is 10.7 Å². The second kappa shape index (κ2) is 5.35. The van der Waals surface area contributed by atoms with Crippen molar-refractivity contribution >= 4 is 53.4 Å². The molecule has 0 aliphatic carbocycles. The molecule has 0 spiro atoms. The van der Waals surface area contributed by atoms with Crippen molar-refractivity contribution < 1.29 is 13.2 Å². The van der Waals surface area contributed by atoms with Gasteiger partial charge in [0.1, 0.15) is 5.25 Å². The van der Waals surface area contributed by atoms with Crippen molar-refractivity contribution in [1.29, 1.82) is 0 Å². The summed E-state index contributed by atoms with van der Waals surface area (Å²) in [6.07, 6.45) is -0.0845. The summed E-state index contributed by atoms with van der Waals surface area (Å²) in [6, 6.07) is 3.99. The molecule has 1 atom stereocenters. The fraction of sp³-hybridized carbons (Fsp3) is 0.333. The molecular formula is C12H11ClN2O3S3. The van der Waals surface area contributed by atoms with Crippen LogP contribution in [-0.2, 0) is 13.8 Å². The maximum atomic E-state index is 12.0. The van der Waals surface area contributed by atoms with Crippen molar-refractivity contribution in [2.24, 2.45) is 0 Å². The first-order chi connectivity index (χ1) is 9.84. The van der Waals surface area contributed by atoms with Crippen LogP contribution in [0.5, 0.6) is 0 Å². The predicted octanol–water partition coefficient (Wildman–Crippen LogP) is 2.85. The van der Waals surface area contributed by atoms with Gasteiger partial charge in [-0.1, -0.05) is 0 Å². The molecule has 112 valence electrons. The molecule has 1 aliphatic rings. The summed E-state index contributed by atoms with van der Waals surface area (Å²) in [6.45, 7) is 2.09. The number of anilines is 1. The molecule has 0 bridgehead atoms. The highest BCUT2D eigenvalue weighted by molar-refractivity contribution is 8.14. The number of aromatic nitrogens is 1. The van der Waals surface area contributed by atoms with Crippen LogP contribution in [0, 0.1) is 6.92 Å². The van der Waals surface area contributed by atoms with Crippen LogP contribution >= 0.6 is 33.4 Å². The molecule has 0 radical (unpaired) electrons. The molecular weight excluding hydrogens is 352 g/mol. The molecule has 9 heteroatoms. The second-order valence-corrected chi connectivity index (χ2v) is 9.76. The molecule has 2 aromatic rings. The molecule has 1 amide bonds. The number of halogens is 1. The Balaban J connectivity index is 1.85. The van der Waals surface area contributed by atoms with Crippen molar-refractivity contribution in [2.75, 3.05) is 11.4 Å². The zero-order valence-corrected chi connectivity index (χ0v) is 14.2. The van der Waals surface area contributed by atoms with E-state index in [1.165, 1.54) is 21.1 Å². The van der Waals surface area contributed by atoms with Crippen LogP contribution in [0.15, 0.2) is 17.5 Å². The van der Waals surface area contributed by atoms with Crippen LogP contribution < -0.4 is 4.90 Å². The lowest BCUT2D eigenvalue weighted by atomic mass is 10.4. The van der Waals surface area contributed by atoms with E-state index in [2.05, 4.69) is 4.98 Å². The fourth-order valence-corrected chi connectivity index (χ4v) is 4.90. The standard InChI is InChI=1S/C12H11ClN2O3S3/c1-7-2-3-10(20-7)9-6-19-12(14-9)15-5-8(4-11(15)16)21(13,17)18/h2-3,6,8H,4-5H2,1H3. The monoisotopic (exact) mass is 362 g/mol. The van der Waals surface area contributed by atoms with Gasteiger partial charge < -0.3 is 0 Å². The van der Waals surface area contributed by atoms with Gasteiger partial charge in [-0.2, -0.15) is 0 Å². The number of thiophene rings is 1. The van der Waals surface area contributed by atoms with Gasteiger partial charge in [0.15, 0.2) is 5.13 Å². The van der Waals surface area contributed by atoms with Gasteiger partial charge in [-0.3, -0.25) is 9.69 Å². The van der Waals surface area contributed by atoms with Crippen LogP contribution in [0.2, 0.25) is 0 Å². The van der Waals surface area contributed by atoms with Gasteiger partial charge in [0.05, 0.1) is 10.6 Å². The van der Waals surface area contributed by atoms with Crippen LogP contribution in [0.3, 0.4) is 0 Å². The Bertz CT molecular complexity index is 796. The molecule has 21 heavy (non-hydrogen) atoms. The van der Waals surface area contributed by atoms with Crippen molar-refractivity contribution in [1.82, 2.24) is 4.98 Å². The van der Waals surface area contributed by atoms with Crippen molar-refractivity contribution in [2.45, 2.75) is 18.6 Å². The zero-order chi connectivity index (χ0) is 15.2. The Morgan fingerprint density at radius 1 is 1.43 bits per heavy atom. The minimum absolute atomic E-state index is 0.0705. The molecule has 3 heterocycles. The first kappa shape index (κ1) is 15.0. The van der Waals surface area contributed by atoms with Gasteiger partial charge in [-0.25, -0.2) is 13.4 Å². The Kier molecular flexibility index (Phi) is 3.81. The quantitative estimate of drug-likeness (QED) is 0.787. The normalized spacial score (nSPS) is 19.4. The lowest BCUT2D eigenvalue weighted by Crippen LogP contribution is -2.26. The van der Waals surface area contributed by atoms with Gasteiger partial charge in [0.25, 0.3) is 0 Å². The van der Waals surface area contributed by atoms with Crippen molar-refractivity contribution in [3.63, 3.8) is 0 Å². The molecule has 2 aromatic heterocycles. The minimum Gasteiger partial charge on any atom is -0.287 e. The van der Waals surface area contributed by atoms with Crippen molar-refractivity contribution in [3.8, 4) is 10.6 Å². The molecule has 0 aromatic carbocycles. The van der Waals surface area contributed by atoms with Gasteiger partial charge in [0, 0.05) is 33.9 Å². The highest BCUT2D eigenvalue weighted by Crippen LogP contribution is 2.34. The summed E-state index contributed by atoms with van der Waals surface area (Å²) < 4.78 is 22.7. The third kappa shape index (κ3) is 2.98. The molecule has 5 nitrogen and oxygen atoms in total. The number of hydrogen-bond acceptors (Lipinski definition) is 6. The summed E-state index contributed by atoms with van der Waals surface area (Å²) in [4.78, 5) is 20.0. The average Bonchev–Trinajstić information content (AvgIpc) is 3.06. The largest absolute Gasteiger partial charge is 0.287 e. The lowest BCUT2D eigenvalue weighted by molar-refractivity contribution is -0.117. The second-order valence-electron chi connectivity index (χ2n) is 4.73. The zero-order valence-electron chi connectivity index (χ0n) is 10.9. The molecule has 0 N–H and O–H groups in total. The van der Waals surface area contributed by atoms with Gasteiger partial charge >= 0.3 is 0 Å². The predicted molar refractivity (Wildman–Crippen MR) is 85.7 cm³/mol. The van der Waals surface area contributed by atoms with Crippen LogP contribution in [0.4, 0.5) is 5.13 Å². The number of nitrogens with zero attached hydrogens (tertiary/aromatic N) is 2. The smallest absolute Gasteiger partial charge is 0.237 e. The number of rotatable bonds is 3. The van der Waals surface area contributed by atoms with Gasteiger partial charge in [0.2, 0.25) is 15.0 Å². The highest BCUT2D eigenvalue weighted by Gasteiger charge is 2.39. The fourth-order valence-electron chi connectivity index (χ4n) is 2.12. The average molecular weight is 363 g/mol. The van der Waals surface area contributed by atoms with E-state index in [0.717, 1.165) is 10.6 Å². The van der Waals surface area contributed by atoms with E-state index < -0.39 is 14.3 Å². The summed E-state index contributed by atoms with van der Waals surface area (Å²) >= 11 is 2.96. The van der Waals surface area contributed by atoms with E-state index in [1.54, 1.807) is 11.3 Å². The first-order valence-electron chi connectivity index (χ1n) is 6.11. The van der Waals surface area contributed by atoms with Crippen molar-refractivity contribution in [3.05, 3.63) is 22.4 Å². The summed E-state index contributed by atoms with van der Waals surface area (Å²) in [7, 11) is 1.61. The number of carbonyl (C=O) groups excluding carboxylic acids is 1. The van der Waals surface area contributed by atoms with E-state index >= 15 is 0 Å². The topological polar surface area (TPSA) is 67.3 Å². The number of thiazole rings is 1. The van der Waals surface area contributed by atoms with E-state index in [0.29, 0.717) is 5.13 Å². The Hall–Kier alpha value is -0.960. The van der Waals surface area contributed by atoms with Crippen LogP contribution in [0.1, 0.15) is 11.3 Å². The maximum Gasteiger partial charge on any atom is 0.237 e. The minimum atomic E-state index is -3.73. The summed E-state index contributed by atoms with van der Waals surface area (Å²) in [5.74, 6) is -0.257. The number of aryl methyl sites for hydroxylation is 1. The molecule has 0 saturated carbocycles. The van der Waals surface area contributed by atoms with Gasteiger partial charge in [-0.15, -0.1) is 22.7 Å². The third-order valence-electron chi connectivity index (χ3n) is 3.20. The van der Waals surface area contributed by atoms with Gasteiger partial charge in [-0.05, 0) is 19.1 Å². The molecule has 1 unspecified atom stereocenters. The number of carbonyl (C=O) groups is 1. The molecule has 1 saturated heterocycles. The summed E-state index contributed by atoms with van der Waals surface area (Å²) in [5, 5.41) is 1.53. The van der Waals surface area contributed by atoms with E-state index in [1.807, 2.05) is 24.4 Å². The van der Waals surface area contributed by atoms with E-state index in [9.17, 15) is 13.2 Å². The molecule has 1 fully saturated rings.